The summed E-state index contributed by atoms with van der Waals surface area (Å²) < 4.78 is 44.6. The van der Waals surface area contributed by atoms with Crippen molar-refractivity contribution in [2.45, 2.75) is 38.6 Å². The van der Waals surface area contributed by atoms with E-state index in [9.17, 15) is 18.7 Å². The number of hydrogen-bond acceptors (Lipinski definition) is 7. The lowest BCUT2D eigenvalue weighted by molar-refractivity contribution is 0.0742. The lowest BCUT2D eigenvalue weighted by atomic mass is 10.1. The second-order valence-corrected chi connectivity index (χ2v) is 10.6. The van der Waals surface area contributed by atoms with Crippen molar-refractivity contribution in [1.82, 2.24) is 9.80 Å². The van der Waals surface area contributed by atoms with Crippen molar-refractivity contribution in [3.05, 3.63) is 82.4 Å². The Kier molecular flexibility index (Phi) is 8.90. The highest BCUT2D eigenvalue weighted by molar-refractivity contribution is 6.00. The van der Waals surface area contributed by atoms with Crippen LogP contribution in [0.3, 0.4) is 0 Å². The molecule has 0 spiro atoms. The van der Waals surface area contributed by atoms with E-state index in [0.29, 0.717) is 25.6 Å². The first-order valence-corrected chi connectivity index (χ1v) is 13.7. The van der Waals surface area contributed by atoms with Gasteiger partial charge in [0, 0.05) is 43.6 Å². The number of carbonyl (C=O) groups is 1. The number of aromatic hydroxyl groups is 1. The number of benzene rings is 3. The Morgan fingerprint density at radius 1 is 1.15 bits per heavy atom. The van der Waals surface area contributed by atoms with Gasteiger partial charge in [-0.15, -0.1) is 0 Å². The molecule has 218 valence electrons. The highest BCUT2D eigenvalue weighted by Gasteiger charge is 2.32. The molecule has 5 rings (SSSR count). The molecule has 0 unspecified atom stereocenters. The summed E-state index contributed by atoms with van der Waals surface area (Å²) in [5.74, 6) is -0.439. The van der Waals surface area contributed by atoms with E-state index in [1.165, 1.54) is 0 Å². The van der Waals surface area contributed by atoms with Crippen LogP contribution in [0.4, 0.5) is 14.5 Å². The Balaban J connectivity index is 1.42. The van der Waals surface area contributed by atoms with E-state index >= 15 is 0 Å². The van der Waals surface area contributed by atoms with Crippen LogP contribution in [0.25, 0.3) is 0 Å². The lowest BCUT2D eigenvalue weighted by Crippen LogP contribution is -2.26. The maximum atomic E-state index is 13.9. The smallest absolute Gasteiger partial charge is 0.264 e. The number of alkyl halides is 2. The number of phenolic OH excluding ortho intramolecular Hbond substituents is 1. The number of ether oxygens (including phenoxy) is 3. The van der Waals surface area contributed by atoms with Crippen molar-refractivity contribution in [1.29, 1.82) is 0 Å². The summed E-state index contributed by atoms with van der Waals surface area (Å²) in [6.07, 6.45) is -1.96. The normalized spacial score (nSPS) is 16.3. The first-order valence-electron chi connectivity index (χ1n) is 13.7. The predicted molar refractivity (Wildman–Crippen MR) is 151 cm³/mol. The van der Waals surface area contributed by atoms with Crippen molar-refractivity contribution in [3.8, 4) is 17.2 Å². The van der Waals surface area contributed by atoms with Gasteiger partial charge >= 0.3 is 0 Å². The van der Waals surface area contributed by atoms with Gasteiger partial charge in [0.15, 0.2) is 0 Å². The first-order chi connectivity index (χ1) is 19.8. The van der Waals surface area contributed by atoms with Gasteiger partial charge in [0.2, 0.25) is 0 Å². The van der Waals surface area contributed by atoms with E-state index in [1.54, 1.807) is 4.90 Å². The molecule has 1 amide bonds. The van der Waals surface area contributed by atoms with E-state index in [0.717, 1.165) is 47.5 Å². The molecule has 2 aliphatic rings. The quantitative estimate of drug-likeness (QED) is 0.329. The summed E-state index contributed by atoms with van der Waals surface area (Å²) in [5.41, 5.74) is 2.97. The van der Waals surface area contributed by atoms with E-state index < -0.39 is 23.6 Å². The van der Waals surface area contributed by atoms with Gasteiger partial charge in [0.1, 0.15) is 36.0 Å². The first kappa shape index (κ1) is 28.6. The van der Waals surface area contributed by atoms with Crippen molar-refractivity contribution < 1.29 is 32.9 Å². The second kappa shape index (κ2) is 12.7. The van der Waals surface area contributed by atoms with Gasteiger partial charge in [-0.3, -0.25) is 4.79 Å². The lowest BCUT2D eigenvalue weighted by Gasteiger charge is -2.20. The fourth-order valence-corrected chi connectivity index (χ4v) is 5.02. The average molecular weight is 568 g/mol. The zero-order valence-electron chi connectivity index (χ0n) is 23.2. The number of hydrogen-bond donors (Lipinski definition) is 2. The Morgan fingerprint density at radius 2 is 1.95 bits per heavy atom. The SMILES string of the molecule is CN(C)CCOc1cc2c(c(N[C@@H]3CCOC3)c1)CN(C(=O)c1c(O)cc(C(F)F)cc1OCc1ccccc1)C2. The maximum absolute atomic E-state index is 13.9. The molecule has 0 bridgehead atoms. The van der Waals surface area contributed by atoms with Crippen LogP contribution in [0.15, 0.2) is 54.6 Å². The zero-order valence-corrected chi connectivity index (χ0v) is 23.2. The molecule has 3 aromatic carbocycles. The molecule has 2 N–H and O–H groups in total. The van der Waals surface area contributed by atoms with Gasteiger partial charge in [-0.2, -0.15) is 0 Å². The number of phenols is 1. The molecular weight excluding hydrogens is 532 g/mol. The Morgan fingerprint density at radius 3 is 2.66 bits per heavy atom. The number of likely N-dealkylation sites (N-methyl/N-ethyl adjacent to an activating group) is 1. The molecule has 8 nitrogen and oxygen atoms in total. The van der Waals surface area contributed by atoms with Crippen molar-refractivity contribution in [2.24, 2.45) is 0 Å². The number of rotatable bonds is 11. The molecule has 10 heteroatoms. The molecule has 3 aromatic rings. The van der Waals surface area contributed by atoms with Crippen LogP contribution >= 0.6 is 0 Å². The number of halogens is 2. The van der Waals surface area contributed by atoms with Crippen LogP contribution in [-0.4, -0.2) is 67.3 Å². The van der Waals surface area contributed by atoms with Crippen LogP contribution in [0, 0.1) is 0 Å². The van der Waals surface area contributed by atoms with Crippen LogP contribution in [0.1, 0.15) is 45.5 Å². The standard InChI is InChI=1S/C31H35F2N3O5/c1-35(2)9-11-40-24-12-22-16-36(17-25(22)26(15-24)34-23-8-10-39-19-23)31(38)29-27(37)13-21(30(32)33)14-28(29)41-18-20-6-4-3-5-7-20/h3-7,12-15,23,30,34,37H,8-11,16-19H2,1-2H3/t23-/m1/s1. The van der Waals surface area contributed by atoms with E-state index in [-0.39, 0.29) is 37.1 Å². The summed E-state index contributed by atoms with van der Waals surface area (Å²) >= 11 is 0. The summed E-state index contributed by atoms with van der Waals surface area (Å²) in [4.78, 5) is 17.5. The molecule has 0 aromatic heterocycles. The van der Waals surface area contributed by atoms with Gasteiger partial charge in [0.25, 0.3) is 12.3 Å². The molecule has 1 saturated heterocycles. The Labute approximate surface area is 238 Å². The third-order valence-electron chi connectivity index (χ3n) is 7.22. The Bertz CT molecular complexity index is 1360. The van der Waals surface area contributed by atoms with Crippen LogP contribution in [-0.2, 0) is 24.4 Å². The zero-order chi connectivity index (χ0) is 28.9. The monoisotopic (exact) mass is 567 g/mol. The number of nitrogens with zero attached hydrogens (tertiary/aromatic N) is 2. The third kappa shape index (κ3) is 6.89. The highest BCUT2D eigenvalue weighted by atomic mass is 19.3. The van der Waals surface area contributed by atoms with Crippen LogP contribution < -0.4 is 14.8 Å². The minimum absolute atomic E-state index is 0.0542. The van der Waals surface area contributed by atoms with Crippen molar-refractivity contribution >= 4 is 11.6 Å². The minimum atomic E-state index is -2.83. The summed E-state index contributed by atoms with van der Waals surface area (Å²) in [6, 6.07) is 15.3. The highest BCUT2D eigenvalue weighted by Crippen LogP contribution is 2.39. The molecule has 1 atom stereocenters. The summed E-state index contributed by atoms with van der Waals surface area (Å²) in [6.45, 7) is 3.13. The number of fused-ring (bicyclic) bond motifs is 1. The van der Waals surface area contributed by atoms with Gasteiger partial charge in [-0.05, 0) is 55.4 Å². The number of carbonyl (C=O) groups excluding carboxylic acids is 1. The van der Waals surface area contributed by atoms with Gasteiger partial charge in [-0.1, -0.05) is 30.3 Å². The van der Waals surface area contributed by atoms with Gasteiger partial charge in [-0.25, -0.2) is 8.78 Å². The molecule has 0 radical (unpaired) electrons. The molecule has 1 fully saturated rings. The average Bonchev–Trinajstić information content (AvgIpc) is 3.62. The maximum Gasteiger partial charge on any atom is 0.264 e. The molecule has 2 aliphatic heterocycles. The third-order valence-corrected chi connectivity index (χ3v) is 7.22. The molecule has 0 aliphatic carbocycles. The van der Waals surface area contributed by atoms with E-state index in [4.69, 9.17) is 14.2 Å². The molecule has 41 heavy (non-hydrogen) atoms. The number of anilines is 1. The van der Waals surface area contributed by atoms with E-state index in [1.807, 2.05) is 61.5 Å². The fraction of sp³-hybridized carbons (Fsp3) is 0.387. The molecular formula is C31H35F2N3O5. The fourth-order valence-electron chi connectivity index (χ4n) is 5.02. The minimum Gasteiger partial charge on any atom is -0.507 e. The summed E-state index contributed by atoms with van der Waals surface area (Å²) in [7, 11) is 3.95. The molecule has 0 saturated carbocycles. The van der Waals surface area contributed by atoms with Crippen molar-refractivity contribution in [2.75, 3.05) is 45.8 Å². The van der Waals surface area contributed by atoms with Gasteiger partial charge in [0.05, 0.1) is 12.6 Å². The second-order valence-electron chi connectivity index (χ2n) is 10.6. The molecule has 2 heterocycles. The Hall–Kier alpha value is -3.89. The topological polar surface area (TPSA) is 83.5 Å². The number of amides is 1. The van der Waals surface area contributed by atoms with Gasteiger partial charge < -0.3 is 34.4 Å². The van der Waals surface area contributed by atoms with Crippen LogP contribution in [0.2, 0.25) is 0 Å². The largest absolute Gasteiger partial charge is 0.507 e. The number of nitrogens with one attached hydrogen (secondary N) is 1. The summed E-state index contributed by atoms with van der Waals surface area (Å²) in [5, 5.41) is 14.3. The van der Waals surface area contributed by atoms with Crippen molar-refractivity contribution in [3.63, 3.8) is 0 Å². The van der Waals surface area contributed by atoms with E-state index in [2.05, 4.69) is 5.32 Å². The van der Waals surface area contributed by atoms with Crippen LogP contribution in [0.5, 0.6) is 17.2 Å². The predicted octanol–water partition coefficient (Wildman–Crippen LogP) is 5.21.